The number of hydrogen-bond acceptors (Lipinski definition) is 5. The van der Waals surface area contributed by atoms with Crippen molar-refractivity contribution in [1.29, 1.82) is 5.26 Å². The number of carbonyl (C=O) groups is 1. The average molecular weight is 382 g/mol. The average Bonchev–Trinajstić information content (AvgIpc) is 3.27. The number of nitriles is 1. The van der Waals surface area contributed by atoms with Crippen LogP contribution in [0, 0.1) is 11.3 Å². The maximum atomic E-state index is 12.5. The predicted octanol–water partition coefficient (Wildman–Crippen LogP) is 2.42. The van der Waals surface area contributed by atoms with Gasteiger partial charge in [0.15, 0.2) is 0 Å². The van der Waals surface area contributed by atoms with Crippen LogP contribution in [-0.4, -0.2) is 37.3 Å². The summed E-state index contributed by atoms with van der Waals surface area (Å²) in [5, 5.41) is 12.3. The Hall–Kier alpha value is -1.43. The molecule has 6 nitrogen and oxygen atoms in total. The van der Waals surface area contributed by atoms with Gasteiger partial charge in [0, 0.05) is 18.0 Å². The van der Waals surface area contributed by atoms with Crippen molar-refractivity contribution in [3.8, 4) is 6.07 Å². The Balaban J connectivity index is 1.65. The Morgan fingerprint density at radius 2 is 1.88 bits per heavy atom. The number of rotatable bonds is 5. The van der Waals surface area contributed by atoms with Crippen LogP contribution in [0.4, 0.5) is 0 Å². The summed E-state index contributed by atoms with van der Waals surface area (Å²) in [7, 11) is -3.43. The van der Waals surface area contributed by atoms with Gasteiger partial charge in [0.2, 0.25) is 5.91 Å². The molecule has 8 heteroatoms. The van der Waals surface area contributed by atoms with Gasteiger partial charge in [-0.05, 0) is 37.8 Å². The van der Waals surface area contributed by atoms with Crippen LogP contribution in [-0.2, 0) is 21.2 Å². The van der Waals surface area contributed by atoms with Crippen molar-refractivity contribution in [1.82, 2.24) is 9.62 Å². The third-order valence-electron chi connectivity index (χ3n) is 4.93. The van der Waals surface area contributed by atoms with Gasteiger partial charge in [-0.15, -0.1) is 11.3 Å². The van der Waals surface area contributed by atoms with Crippen LogP contribution < -0.4 is 5.32 Å². The minimum absolute atomic E-state index is 0.115. The maximum absolute atomic E-state index is 12.5. The zero-order valence-electron chi connectivity index (χ0n) is 14.2. The Bertz CT molecular complexity index is 767. The second-order valence-electron chi connectivity index (χ2n) is 6.81. The number of hydrogen-bond donors (Lipinski definition) is 1. The molecular formula is C17H23N3O3S2. The highest BCUT2D eigenvalue weighted by atomic mass is 32.2. The molecule has 1 aromatic heterocycles. The Kier molecular flexibility index (Phi) is 5.46. The molecule has 3 rings (SSSR count). The van der Waals surface area contributed by atoms with E-state index in [1.165, 1.54) is 4.31 Å². The maximum Gasteiger partial charge on any atom is 0.252 e. The molecule has 1 N–H and O–H groups in total. The minimum Gasteiger partial charge on any atom is -0.338 e. The lowest BCUT2D eigenvalue weighted by molar-refractivity contribution is -0.122. The smallest absolute Gasteiger partial charge is 0.252 e. The van der Waals surface area contributed by atoms with Gasteiger partial charge in [-0.1, -0.05) is 19.3 Å². The zero-order valence-corrected chi connectivity index (χ0v) is 15.8. The van der Waals surface area contributed by atoms with E-state index in [0.29, 0.717) is 35.0 Å². The van der Waals surface area contributed by atoms with Crippen molar-refractivity contribution < 1.29 is 13.2 Å². The summed E-state index contributed by atoms with van der Waals surface area (Å²) >= 11 is 1.15. The van der Waals surface area contributed by atoms with Crippen LogP contribution in [0.1, 0.15) is 49.8 Å². The van der Waals surface area contributed by atoms with E-state index in [1.807, 2.05) is 0 Å². The molecule has 1 amide bonds. The summed E-state index contributed by atoms with van der Waals surface area (Å²) in [5.41, 5.74) is -0.753. The standard InChI is InChI=1S/C17H23N3O3S2/c18-13-17(8-2-1-3-9-17)19-15(21)12-14-6-7-16(24-14)25(22,23)20-10-4-5-11-20/h6-7H,1-5,8-12H2,(H,19,21). The van der Waals surface area contributed by atoms with Crippen molar-refractivity contribution in [2.75, 3.05) is 13.1 Å². The fourth-order valence-electron chi connectivity index (χ4n) is 3.54. The molecule has 2 aliphatic rings. The van der Waals surface area contributed by atoms with E-state index in [2.05, 4.69) is 11.4 Å². The number of amides is 1. The van der Waals surface area contributed by atoms with Crippen LogP contribution in [0.2, 0.25) is 0 Å². The van der Waals surface area contributed by atoms with E-state index in [4.69, 9.17) is 0 Å². The van der Waals surface area contributed by atoms with Crippen molar-refractivity contribution in [3.63, 3.8) is 0 Å². The van der Waals surface area contributed by atoms with Crippen molar-refractivity contribution in [3.05, 3.63) is 17.0 Å². The lowest BCUT2D eigenvalue weighted by Crippen LogP contribution is -2.49. The quantitative estimate of drug-likeness (QED) is 0.848. The number of nitrogens with zero attached hydrogens (tertiary/aromatic N) is 2. The normalized spacial score (nSPS) is 20.9. The molecule has 0 radical (unpaired) electrons. The van der Waals surface area contributed by atoms with Crippen LogP contribution in [0.3, 0.4) is 0 Å². The van der Waals surface area contributed by atoms with Gasteiger partial charge >= 0.3 is 0 Å². The SMILES string of the molecule is N#CC1(NC(=O)Cc2ccc(S(=O)(=O)N3CCCC3)s2)CCCCC1. The van der Waals surface area contributed by atoms with Crippen molar-refractivity contribution in [2.24, 2.45) is 0 Å². The van der Waals surface area contributed by atoms with E-state index in [9.17, 15) is 18.5 Å². The third kappa shape index (κ3) is 4.05. The van der Waals surface area contributed by atoms with Gasteiger partial charge < -0.3 is 5.32 Å². The number of sulfonamides is 1. The number of nitrogens with one attached hydrogen (secondary N) is 1. The first kappa shape index (κ1) is 18.4. The van der Waals surface area contributed by atoms with Gasteiger partial charge in [0.1, 0.15) is 9.75 Å². The molecule has 2 fully saturated rings. The number of carbonyl (C=O) groups excluding carboxylic acids is 1. The second-order valence-corrected chi connectivity index (χ2v) is 10.1. The van der Waals surface area contributed by atoms with Crippen LogP contribution in [0.5, 0.6) is 0 Å². The van der Waals surface area contributed by atoms with E-state index in [0.717, 1.165) is 43.4 Å². The lowest BCUT2D eigenvalue weighted by Gasteiger charge is -2.31. The monoisotopic (exact) mass is 381 g/mol. The van der Waals surface area contributed by atoms with Crippen LogP contribution in [0.15, 0.2) is 16.3 Å². The minimum atomic E-state index is -3.43. The predicted molar refractivity (Wildman–Crippen MR) is 95.6 cm³/mol. The molecule has 0 unspecified atom stereocenters. The van der Waals surface area contributed by atoms with E-state index >= 15 is 0 Å². The first-order valence-electron chi connectivity index (χ1n) is 8.76. The molecule has 1 aliphatic carbocycles. The molecule has 1 saturated carbocycles. The summed E-state index contributed by atoms with van der Waals surface area (Å²) in [5.74, 6) is -0.213. The van der Waals surface area contributed by atoms with Crippen molar-refractivity contribution >= 4 is 27.3 Å². The zero-order chi connectivity index (χ0) is 17.9. The first-order valence-corrected chi connectivity index (χ1v) is 11.0. The number of thiophene rings is 1. The largest absolute Gasteiger partial charge is 0.338 e. The lowest BCUT2D eigenvalue weighted by atomic mass is 9.83. The van der Waals surface area contributed by atoms with Crippen LogP contribution >= 0.6 is 11.3 Å². The van der Waals surface area contributed by atoms with E-state index in [1.54, 1.807) is 12.1 Å². The molecule has 1 aromatic rings. The third-order valence-corrected chi connectivity index (χ3v) is 8.38. The summed E-state index contributed by atoms with van der Waals surface area (Å²) in [4.78, 5) is 13.1. The van der Waals surface area contributed by atoms with Crippen molar-refractivity contribution in [2.45, 2.75) is 61.1 Å². The molecule has 1 saturated heterocycles. The van der Waals surface area contributed by atoms with E-state index in [-0.39, 0.29) is 12.3 Å². The molecule has 0 spiro atoms. The second kappa shape index (κ2) is 7.44. The van der Waals surface area contributed by atoms with Gasteiger partial charge in [-0.3, -0.25) is 4.79 Å². The summed E-state index contributed by atoms with van der Waals surface area (Å²) < 4.78 is 26.9. The Morgan fingerprint density at radius 1 is 1.20 bits per heavy atom. The first-order chi connectivity index (χ1) is 12.0. The highest BCUT2D eigenvalue weighted by Crippen LogP contribution is 2.29. The summed E-state index contributed by atoms with van der Waals surface area (Å²) in [6.45, 7) is 1.14. The fraction of sp³-hybridized carbons (Fsp3) is 0.647. The Labute approximate surface area is 152 Å². The fourth-order valence-corrected chi connectivity index (χ4v) is 6.56. The molecule has 0 bridgehead atoms. The van der Waals surface area contributed by atoms with Crippen LogP contribution in [0.25, 0.3) is 0 Å². The van der Waals surface area contributed by atoms with Gasteiger partial charge in [-0.25, -0.2) is 8.42 Å². The molecular weight excluding hydrogens is 358 g/mol. The highest BCUT2D eigenvalue weighted by molar-refractivity contribution is 7.91. The summed E-state index contributed by atoms with van der Waals surface area (Å²) in [6, 6.07) is 5.56. The van der Waals surface area contributed by atoms with E-state index < -0.39 is 15.6 Å². The highest BCUT2D eigenvalue weighted by Gasteiger charge is 2.34. The summed E-state index contributed by atoms with van der Waals surface area (Å²) in [6.07, 6.45) is 6.29. The molecule has 136 valence electrons. The van der Waals surface area contributed by atoms with Gasteiger partial charge in [0.05, 0.1) is 12.5 Å². The molecule has 0 aromatic carbocycles. The topological polar surface area (TPSA) is 90.3 Å². The molecule has 0 atom stereocenters. The van der Waals surface area contributed by atoms with Gasteiger partial charge in [-0.2, -0.15) is 9.57 Å². The molecule has 1 aliphatic heterocycles. The van der Waals surface area contributed by atoms with Gasteiger partial charge in [0.25, 0.3) is 10.0 Å². The molecule has 2 heterocycles. The molecule has 25 heavy (non-hydrogen) atoms. The Morgan fingerprint density at radius 3 is 2.52 bits per heavy atom.